The molecule has 0 amide bonds. The average Bonchev–Trinajstić information content (AvgIpc) is 2.40. The lowest BCUT2D eigenvalue weighted by Crippen LogP contribution is -1.88. The standard InChI is InChI=1S/C7H10N2OS/c1-11(10)7-5-9-4-2-3-6(9)8-7/h5H,2-4H2,1H3. The Morgan fingerprint density at radius 2 is 2.55 bits per heavy atom. The highest BCUT2D eigenvalue weighted by Crippen LogP contribution is 2.15. The van der Waals surface area contributed by atoms with Crippen LogP contribution in [0, 0.1) is 0 Å². The molecule has 11 heavy (non-hydrogen) atoms. The van der Waals surface area contributed by atoms with Crippen molar-refractivity contribution < 1.29 is 4.21 Å². The van der Waals surface area contributed by atoms with Crippen molar-refractivity contribution in [3.63, 3.8) is 0 Å². The molecule has 2 heterocycles. The number of aromatic nitrogens is 2. The van der Waals surface area contributed by atoms with Gasteiger partial charge in [0, 0.05) is 25.4 Å². The second-order valence-corrected chi connectivity index (χ2v) is 4.07. The van der Waals surface area contributed by atoms with Crippen molar-refractivity contribution in [2.24, 2.45) is 0 Å². The fourth-order valence-corrected chi connectivity index (χ4v) is 1.88. The van der Waals surface area contributed by atoms with E-state index in [2.05, 4.69) is 9.55 Å². The van der Waals surface area contributed by atoms with Gasteiger partial charge in [0.15, 0.2) is 0 Å². The molecule has 0 saturated heterocycles. The predicted molar refractivity (Wildman–Crippen MR) is 42.9 cm³/mol. The summed E-state index contributed by atoms with van der Waals surface area (Å²) in [6.45, 7) is 1.04. The van der Waals surface area contributed by atoms with Gasteiger partial charge in [-0.3, -0.25) is 4.21 Å². The van der Waals surface area contributed by atoms with Crippen molar-refractivity contribution in [3.8, 4) is 0 Å². The number of imidazole rings is 1. The minimum absolute atomic E-state index is 0.722. The average molecular weight is 170 g/mol. The summed E-state index contributed by atoms with van der Waals surface area (Å²) in [5, 5.41) is 0.722. The first kappa shape index (κ1) is 7.03. The molecule has 0 spiro atoms. The monoisotopic (exact) mass is 170 g/mol. The van der Waals surface area contributed by atoms with Gasteiger partial charge in [-0.15, -0.1) is 0 Å². The summed E-state index contributed by atoms with van der Waals surface area (Å²) >= 11 is 0. The summed E-state index contributed by atoms with van der Waals surface area (Å²) in [6.07, 6.45) is 5.78. The van der Waals surface area contributed by atoms with Crippen LogP contribution in [0.4, 0.5) is 0 Å². The summed E-state index contributed by atoms with van der Waals surface area (Å²) in [4.78, 5) is 4.25. The highest BCUT2D eigenvalue weighted by molar-refractivity contribution is 7.84. The summed E-state index contributed by atoms with van der Waals surface area (Å²) in [5.74, 6) is 1.09. The molecule has 1 atom stereocenters. The minimum atomic E-state index is -0.918. The molecule has 0 fully saturated rings. The summed E-state index contributed by atoms with van der Waals surface area (Å²) < 4.78 is 13.1. The van der Waals surface area contributed by atoms with Gasteiger partial charge < -0.3 is 4.57 Å². The van der Waals surface area contributed by atoms with Gasteiger partial charge in [0.25, 0.3) is 0 Å². The normalized spacial score (nSPS) is 18.3. The summed E-state index contributed by atoms with van der Waals surface area (Å²) in [6, 6.07) is 0. The Bertz CT molecular complexity index is 284. The SMILES string of the molecule is CS(=O)c1cn2c(n1)CCC2. The van der Waals surface area contributed by atoms with Crippen LogP contribution in [-0.4, -0.2) is 20.0 Å². The van der Waals surface area contributed by atoms with E-state index < -0.39 is 10.8 Å². The van der Waals surface area contributed by atoms with Gasteiger partial charge in [0.2, 0.25) is 0 Å². The molecule has 0 aliphatic carbocycles. The number of nitrogens with zero attached hydrogens (tertiary/aromatic N) is 2. The predicted octanol–water partition coefficient (Wildman–Crippen LogP) is 0.567. The van der Waals surface area contributed by atoms with Gasteiger partial charge in [-0.25, -0.2) is 4.98 Å². The zero-order valence-electron chi connectivity index (χ0n) is 6.41. The Labute approximate surface area is 67.9 Å². The minimum Gasteiger partial charge on any atom is -0.334 e. The molecule has 1 aliphatic rings. The molecule has 0 N–H and O–H groups in total. The third-order valence-corrected chi connectivity index (χ3v) is 2.72. The van der Waals surface area contributed by atoms with E-state index in [9.17, 15) is 4.21 Å². The maximum absolute atomic E-state index is 11.0. The van der Waals surface area contributed by atoms with E-state index in [0.29, 0.717) is 0 Å². The molecule has 4 heteroatoms. The first-order valence-corrected chi connectivity index (χ1v) is 5.22. The molecule has 0 bridgehead atoms. The van der Waals surface area contributed by atoms with Crippen LogP contribution in [0.15, 0.2) is 11.2 Å². The Hall–Kier alpha value is -0.640. The molecular weight excluding hydrogens is 160 g/mol. The van der Waals surface area contributed by atoms with Crippen molar-refractivity contribution in [3.05, 3.63) is 12.0 Å². The van der Waals surface area contributed by atoms with Crippen LogP contribution < -0.4 is 0 Å². The maximum atomic E-state index is 11.0. The number of aryl methyl sites for hydroxylation is 2. The number of hydrogen-bond donors (Lipinski definition) is 0. The molecule has 1 unspecified atom stereocenters. The first-order chi connectivity index (χ1) is 5.27. The molecule has 0 radical (unpaired) electrons. The molecule has 1 aromatic heterocycles. The maximum Gasteiger partial charge on any atom is 0.145 e. The van der Waals surface area contributed by atoms with Gasteiger partial charge >= 0.3 is 0 Å². The molecular formula is C7H10N2OS. The van der Waals surface area contributed by atoms with E-state index in [1.165, 1.54) is 6.42 Å². The molecule has 0 aromatic carbocycles. The molecule has 60 valence electrons. The Balaban J connectivity index is 2.42. The molecule has 3 nitrogen and oxygen atoms in total. The van der Waals surface area contributed by atoms with Crippen molar-refractivity contribution in [2.45, 2.75) is 24.4 Å². The molecule has 1 aliphatic heterocycles. The third-order valence-electron chi connectivity index (χ3n) is 1.93. The fourth-order valence-electron chi connectivity index (χ4n) is 1.37. The van der Waals surface area contributed by atoms with Gasteiger partial charge in [-0.1, -0.05) is 0 Å². The Morgan fingerprint density at radius 3 is 3.18 bits per heavy atom. The largest absolute Gasteiger partial charge is 0.334 e. The molecule has 1 aromatic rings. The van der Waals surface area contributed by atoms with E-state index in [1.54, 1.807) is 6.26 Å². The third kappa shape index (κ3) is 1.11. The van der Waals surface area contributed by atoms with E-state index in [4.69, 9.17) is 0 Å². The van der Waals surface area contributed by atoms with Crippen LogP contribution in [0.5, 0.6) is 0 Å². The van der Waals surface area contributed by atoms with Crippen LogP contribution in [0.1, 0.15) is 12.2 Å². The highest BCUT2D eigenvalue weighted by atomic mass is 32.2. The number of hydrogen-bond acceptors (Lipinski definition) is 2. The quantitative estimate of drug-likeness (QED) is 0.617. The van der Waals surface area contributed by atoms with Gasteiger partial charge in [-0.05, 0) is 6.42 Å². The van der Waals surface area contributed by atoms with E-state index in [-0.39, 0.29) is 0 Å². The van der Waals surface area contributed by atoms with Gasteiger partial charge in [-0.2, -0.15) is 0 Å². The van der Waals surface area contributed by atoms with Crippen LogP contribution in [-0.2, 0) is 23.8 Å². The van der Waals surface area contributed by atoms with Crippen molar-refractivity contribution in [1.82, 2.24) is 9.55 Å². The second kappa shape index (κ2) is 2.44. The Kier molecular flexibility index (Phi) is 1.56. The van der Waals surface area contributed by atoms with Gasteiger partial charge in [0.1, 0.15) is 10.9 Å². The highest BCUT2D eigenvalue weighted by Gasteiger charge is 2.14. The van der Waals surface area contributed by atoms with Crippen molar-refractivity contribution >= 4 is 10.8 Å². The summed E-state index contributed by atoms with van der Waals surface area (Å²) in [5.41, 5.74) is 0. The lowest BCUT2D eigenvalue weighted by Gasteiger charge is -1.89. The number of rotatable bonds is 1. The van der Waals surface area contributed by atoms with Crippen LogP contribution in [0.2, 0.25) is 0 Å². The fraction of sp³-hybridized carbons (Fsp3) is 0.571. The van der Waals surface area contributed by atoms with E-state index in [1.807, 2.05) is 6.20 Å². The zero-order chi connectivity index (χ0) is 7.84. The topological polar surface area (TPSA) is 34.9 Å². The lowest BCUT2D eigenvalue weighted by molar-refractivity contribution is 0.683. The molecule has 2 rings (SSSR count). The number of fused-ring (bicyclic) bond motifs is 1. The zero-order valence-corrected chi connectivity index (χ0v) is 7.23. The molecule has 0 saturated carbocycles. The Morgan fingerprint density at radius 1 is 1.73 bits per heavy atom. The van der Waals surface area contributed by atoms with E-state index >= 15 is 0 Å². The summed E-state index contributed by atoms with van der Waals surface area (Å²) in [7, 11) is -0.918. The smallest absolute Gasteiger partial charge is 0.145 e. The van der Waals surface area contributed by atoms with E-state index in [0.717, 1.165) is 23.8 Å². The van der Waals surface area contributed by atoms with Crippen LogP contribution >= 0.6 is 0 Å². The van der Waals surface area contributed by atoms with Crippen molar-refractivity contribution in [2.75, 3.05) is 6.26 Å². The first-order valence-electron chi connectivity index (χ1n) is 3.67. The van der Waals surface area contributed by atoms with Crippen molar-refractivity contribution in [1.29, 1.82) is 0 Å². The second-order valence-electron chi connectivity index (χ2n) is 2.75. The lowest BCUT2D eigenvalue weighted by atomic mass is 10.4. The van der Waals surface area contributed by atoms with Crippen LogP contribution in [0.3, 0.4) is 0 Å². The van der Waals surface area contributed by atoms with Gasteiger partial charge in [0.05, 0.1) is 10.8 Å². The van der Waals surface area contributed by atoms with Crippen LogP contribution in [0.25, 0.3) is 0 Å².